The number of aliphatic imine (C=N–C) groups is 1. The van der Waals surface area contributed by atoms with Crippen molar-refractivity contribution in [3.63, 3.8) is 0 Å². The van der Waals surface area contributed by atoms with Crippen LogP contribution in [-0.2, 0) is 20.5 Å². The van der Waals surface area contributed by atoms with E-state index in [0.717, 1.165) is 22.5 Å². The van der Waals surface area contributed by atoms with Crippen LogP contribution in [0.15, 0.2) is 35.3 Å². The number of pyridine rings is 1. The summed E-state index contributed by atoms with van der Waals surface area (Å²) in [5.74, 6) is -0.307. The molecule has 0 spiro atoms. The van der Waals surface area contributed by atoms with Crippen LogP contribution in [0.2, 0.25) is 5.15 Å². The van der Waals surface area contributed by atoms with E-state index in [4.69, 9.17) is 30.9 Å². The maximum atomic E-state index is 13.3. The van der Waals surface area contributed by atoms with Crippen molar-refractivity contribution >= 4 is 31.1 Å². The second-order valence-electron chi connectivity index (χ2n) is 9.34. The number of halogens is 2. The normalized spacial score (nSPS) is 26.5. The molecule has 1 aromatic heterocycles. The van der Waals surface area contributed by atoms with Crippen molar-refractivity contribution in [2.45, 2.75) is 62.7 Å². The van der Waals surface area contributed by atoms with E-state index in [-0.39, 0.29) is 24.5 Å². The largest absolute Gasteiger partial charge is 0.388 e. The molecule has 1 saturated heterocycles. The number of aryl methyl sites for hydroxylation is 1. The Labute approximate surface area is 218 Å². The lowest BCUT2D eigenvalue weighted by atomic mass is 9.99. The van der Waals surface area contributed by atoms with Crippen molar-refractivity contribution in [2.24, 2.45) is 4.99 Å². The predicted molar refractivity (Wildman–Crippen MR) is 136 cm³/mol. The van der Waals surface area contributed by atoms with Crippen LogP contribution in [0, 0.1) is 5.82 Å². The highest BCUT2D eigenvalue weighted by molar-refractivity contribution is 7.51. The summed E-state index contributed by atoms with van der Waals surface area (Å²) in [5, 5.41) is 24.5. The Bertz CT molecular complexity index is 1170. The quantitative estimate of drug-likeness (QED) is 0.231. The molecule has 0 saturated carbocycles. The number of hydrogen-bond acceptors (Lipinski definition) is 8. The highest BCUT2D eigenvalue weighted by Crippen LogP contribution is 2.35. The first kappa shape index (κ1) is 28.1. The molecule has 1 aromatic carbocycles. The summed E-state index contributed by atoms with van der Waals surface area (Å²) in [6, 6.07) is 7.58. The molecular weight excluding hydrogens is 528 g/mol. The van der Waals surface area contributed by atoms with Gasteiger partial charge in [0.25, 0.3) is 0 Å². The SMILES string of the molecule is C[C@H](Nc1cc(Cl)nc2c1C=N[C@@H](C[C@@H]1O[C@H](COCP(=O)(O)O)[C@@H](O)[C@H]1O)CC2)c1ccc(F)cc1. The van der Waals surface area contributed by atoms with Crippen molar-refractivity contribution < 1.29 is 38.4 Å². The maximum absolute atomic E-state index is 13.3. The Morgan fingerprint density at radius 3 is 2.65 bits per heavy atom. The first-order chi connectivity index (χ1) is 17.5. The third-order valence-electron chi connectivity index (χ3n) is 6.48. The van der Waals surface area contributed by atoms with Gasteiger partial charge < -0.3 is 34.8 Å². The Hall–Kier alpha value is -1.95. The molecule has 0 radical (unpaired) electrons. The molecule has 2 aromatic rings. The van der Waals surface area contributed by atoms with Gasteiger partial charge in [-0.3, -0.25) is 9.56 Å². The molecule has 3 heterocycles. The fraction of sp³-hybridized carbons (Fsp3) is 0.500. The van der Waals surface area contributed by atoms with Gasteiger partial charge in [-0.1, -0.05) is 23.7 Å². The Morgan fingerprint density at radius 2 is 1.95 bits per heavy atom. The summed E-state index contributed by atoms with van der Waals surface area (Å²) >= 11 is 6.29. The van der Waals surface area contributed by atoms with Crippen molar-refractivity contribution in [2.75, 3.05) is 18.3 Å². The number of hydrogen-bond donors (Lipinski definition) is 5. The fourth-order valence-electron chi connectivity index (χ4n) is 4.55. The molecule has 4 rings (SSSR count). The summed E-state index contributed by atoms with van der Waals surface area (Å²) in [4.78, 5) is 27.0. The fourth-order valence-corrected chi connectivity index (χ4v) is 5.10. The van der Waals surface area contributed by atoms with Crippen molar-refractivity contribution in [1.29, 1.82) is 0 Å². The van der Waals surface area contributed by atoms with Gasteiger partial charge in [-0.05, 0) is 49.9 Å². The molecule has 6 atom stereocenters. The number of nitrogens with zero attached hydrogens (tertiary/aromatic N) is 2. The van der Waals surface area contributed by atoms with E-state index in [1.54, 1.807) is 24.4 Å². The number of benzene rings is 1. The van der Waals surface area contributed by atoms with Crippen LogP contribution in [0.4, 0.5) is 10.1 Å². The molecule has 0 amide bonds. The van der Waals surface area contributed by atoms with Gasteiger partial charge in [0.2, 0.25) is 0 Å². The number of aromatic nitrogens is 1. The number of rotatable bonds is 9. The third-order valence-corrected chi connectivity index (χ3v) is 7.20. The molecule has 5 N–H and O–H groups in total. The summed E-state index contributed by atoms with van der Waals surface area (Å²) in [5.41, 5.74) is 3.20. The lowest BCUT2D eigenvalue weighted by Gasteiger charge is -2.19. The van der Waals surface area contributed by atoms with Crippen LogP contribution in [0.5, 0.6) is 0 Å². The predicted octanol–water partition coefficient (Wildman–Crippen LogP) is 2.81. The first-order valence-electron chi connectivity index (χ1n) is 11.9. The molecule has 37 heavy (non-hydrogen) atoms. The van der Waals surface area contributed by atoms with Gasteiger partial charge in [-0.2, -0.15) is 0 Å². The summed E-state index contributed by atoms with van der Waals surface area (Å²) in [7, 11) is -4.35. The number of fused-ring (bicyclic) bond motifs is 1. The number of anilines is 1. The van der Waals surface area contributed by atoms with E-state index in [0.29, 0.717) is 24.4 Å². The van der Waals surface area contributed by atoms with Gasteiger partial charge >= 0.3 is 7.60 Å². The van der Waals surface area contributed by atoms with E-state index in [1.807, 2.05) is 6.92 Å². The summed E-state index contributed by atoms with van der Waals surface area (Å²) in [6.07, 6.45) is -1.67. The summed E-state index contributed by atoms with van der Waals surface area (Å²) < 4.78 is 35.0. The topological polar surface area (TPSA) is 154 Å². The average Bonchev–Trinajstić information content (AvgIpc) is 2.97. The smallest absolute Gasteiger partial charge is 0.350 e. The molecule has 0 aliphatic carbocycles. The zero-order valence-corrected chi connectivity index (χ0v) is 21.7. The van der Waals surface area contributed by atoms with Crippen LogP contribution in [-0.4, -0.2) is 74.6 Å². The van der Waals surface area contributed by atoms with E-state index < -0.39 is 38.4 Å². The minimum Gasteiger partial charge on any atom is -0.388 e. The van der Waals surface area contributed by atoms with Gasteiger partial charge in [-0.25, -0.2) is 9.37 Å². The second kappa shape index (κ2) is 11.8. The van der Waals surface area contributed by atoms with Crippen LogP contribution >= 0.6 is 19.2 Å². The number of nitrogens with one attached hydrogen (secondary N) is 1. The molecule has 2 aliphatic rings. The van der Waals surface area contributed by atoms with Crippen LogP contribution in [0.25, 0.3) is 0 Å². The van der Waals surface area contributed by atoms with Gasteiger partial charge in [0.05, 0.1) is 24.4 Å². The van der Waals surface area contributed by atoms with Crippen molar-refractivity contribution in [1.82, 2.24) is 4.98 Å². The lowest BCUT2D eigenvalue weighted by Crippen LogP contribution is -2.35. The van der Waals surface area contributed by atoms with Crippen LogP contribution in [0.3, 0.4) is 0 Å². The van der Waals surface area contributed by atoms with Gasteiger partial charge in [0.15, 0.2) is 0 Å². The van der Waals surface area contributed by atoms with E-state index in [1.165, 1.54) is 12.1 Å². The molecule has 2 aliphatic heterocycles. The van der Waals surface area contributed by atoms with Crippen molar-refractivity contribution in [3.05, 3.63) is 58.1 Å². The van der Waals surface area contributed by atoms with Gasteiger partial charge in [0, 0.05) is 23.5 Å². The average molecular weight is 558 g/mol. The summed E-state index contributed by atoms with van der Waals surface area (Å²) in [6.45, 7) is 1.69. The standard InChI is InChI=1S/C24H30ClFN3O7P/c1-13(14-2-4-15(26)5-3-14)28-19-9-22(25)29-18-7-6-16(27-10-17(18)19)8-20-23(30)24(31)21(36-20)11-35-12-37(32,33)34/h2-5,9-10,13,16,20-21,23-24,30-31H,6-8,11-12H2,1H3,(H,28,29)(H2,32,33,34)/t13-,16+,20-,21+,23-,24+/m0/s1. The zero-order chi connectivity index (χ0) is 26.7. The molecule has 1 fully saturated rings. The lowest BCUT2D eigenvalue weighted by molar-refractivity contribution is -0.0411. The second-order valence-corrected chi connectivity index (χ2v) is 11.3. The zero-order valence-electron chi connectivity index (χ0n) is 20.1. The molecule has 10 nitrogen and oxygen atoms in total. The van der Waals surface area contributed by atoms with E-state index in [9.17, 15) is 19.2 Å². The molecule has 0 unspecified atom stereocenters. The van der Waals surface area contributed by atoms with E-state index in [2.05, 4.69) is 15.3 Å². The number of aliphatic hydroxyl groups excluding tert-OH is 2. The Morgan fingerprint density at radius 1 is 1.24 bits per heavy atom. The minimum atomic E-state index is -4.35. The van der Waals surface area contributed by atoms with Gasteiger partial charge in [-0.15, -0.1) is 0 Å². The first-order valence-corrected chi connectivity index (χ1v) is 14.1. The molecule has 0 bridgehead atoms. The molecule has 13 heteroatoms. The van der Waals surface area contributed by atoms with Crippen LogP contribution < -0.4 is 5.32 Å². The monoisotopic (exact) mass is 557 g/mol. The molecule has 202 valence electrons. The van der Waals surface area contributed by atoms with E-state index >= 15 is 0 Å². The maximum Gasteiger partial charge on any atom is 0.350 e. The van der Waals surface area contributed by atoms with Crippen molar-refractivity contribution in [3.8, 4) is 0 Å². The number of ether oxygens (including phenoxy) is 2. The minimum absolute atomic E-state index is 0.135. The highest BCUT2D eigenvalue weighted by Gasteiger charge is 2.43. The van der Waals surface area contributed by atoms with Gasteiger partial charge in [0.1, 0.15) is 35.6 Å². The van der Waals surface area contributed by atoms with Crippen LogP contribution in [0.1, 0.15) is 42.6 Å². The Balaban J connectivity index is 1.42. The number of aliphatic hydroxyl groups is 2. The highest BCUT2D eigenvalue weighted by atomic mass is 35.5. The molecular formula is C24H30ClFN3O7P. The Kier molecular flexibility index (Phi) is 8.98. The third kappa shape index (κ3) is 7.34.